The maximum atomic E-state index is 12.7. The fraction of sp³-hybridized carbons (Fsp3) is 0.381. The Morgan fingerprint density at radius 3 is 2.28 bits per heavy atom. The number of rotatable bonds is 8. The van der Waals surface area contributed by atoms with Gasteiger partial charge in [-0.05, 0) is 48.6 Å². The van der Waals surface area contributed by atoms with Crippen LogP contribution in [0.1, 0.15) is 45.2 Å². The Bertz CT molecular complexity index is 655. The quantitative estimate of drug-likeness (QED) is 0.685. The van der Waals surface area contributed by atoms with Crippen LogP contribution in [0.4, 0.5) is 0 Å². The molecule has 0 radical (unpaired) electrons. The molecule has 0 aliphatic heterocycles. The zero-order valence-corrected chi connectivity index (χ0v) is 15.8. The van der Waals surface area contributed by atoms with Crippen molar-refractivity contribution in [3.05, 3.63) is 65.2 Å². The molecule has 2 aromatic carbocycles. The molecule has 0 saturated heterocycles. The summed E-state index contributed by atoms with van der Waals surface area (Å²) in [6, 6.07) is 17.1. The first-order valence-corrected chi connectivity index (χ1v) is 9.15. The lowest BCUT2D eigenvalue weighted by Crippen LogP contribution is -2.40. The Kier molecular flexibility index (Phi) is 7.32. The molecule has 25 heavy (non-hydrogen) atoms. The number of benzene rings is 2. The van der Waals surface area contributed by atoms with Gasteiger partial charge in [-0.3, -0.25) is 4.79 Å². The molecule has 0 bridgehead atoms. The number of carbonyl (C=O) groups is 1. The second-order valence-electron chi connectivity index (χ2n) is 6.57. The normalized spacial score (nSPS) is 13.3. The third-order valence-corrected chi connectivity index (χ3v) is 4.23. The molecule has 2 atom stereocenters. The average Bonchev–Trinajstić information content (AvgIpc) is 2.61. The lowest BCUT2D eigenvalue weighted by molar-refractivity contribution is -0.129. The molecule has 2 aromatic rings. The van der Waals surface area contributed by atoms with E-state index in [-0.39, 0.29) is 11.9 Å². The molecule has 0 aliphatic rings. The van der Waals surface area contributed by atoms with Crippen LogP contribution in [0.2, 0.25) is 5.02 Å². The van der Waals surface area contributed by atoms with E-state index in [1.165, 1.54) is 0 Å². The summed E-state index contributed by atoms with van der Waals surface area (Å²) in [5, 5.41) is 3.80. The molecule has 1 N–H and O–H groups in total. The minimum absolute atomic E-state index is 0.0171. The molecule has 0 aliphatic carbocycles. The molecule has 4 heteroatoms. The zero-order valence-electron chi connectivity index (χ0n) is 15.0. The maximum Gasteiger partial charge on any atom is 0.261 e. The smallest absolute Gasteiger partial charge is 0.261 e. The highest BCUT2D eigenvalue weighted by atomic mass is 35.5. The first-order chi connectivity index (χ1) is 12.0. The lowest BCUT2D eigenvalue weighted by atomic mass is 9.96. The van der Waals surface area contributed by atoms with Crippen LogP contribution in [0.5, 0.6) is 5.75 Å². The summed E-state index contributed by atoms with van der Waals surface area (Å²) in [7, 11) is 0. The number of hydrogen-bond acceptors (Lipinski definition) is 2. The Balaban J connectivity index is 2.08. The van der Waals surface area contributed by atoms with Gasteiger partial charge in [0.25, 0.3) is 5.91 Å². The van der Waals surface area contributed by atoms with Crippen LogP contribution in [0, 0.1) is 5.92 Å². The zero-order chi connectivity index (χ0) is 18.2. The number of nitrogens with one attached hydrogen (secondary N) is 1. The SMILES string of the molecule is CCC(Oc1ccc(Cl)cc1)C(=O)NC(CC(C)C)c1ccccc1. The van der Waals surface area contributed by atoms with Gasteiger partial charge in [0.2, 0.25) is 0 Å². The molecule has 134 valence electrons. The second kappa shape index (κ2) is 9.47. The van der Waals surface area contributed by atoms with E-state index in [2.05, 4.69) is 19.2 Å². The highest BCUT2D eigenvalue weighted by Gasteiger charge is 2.23. The predicted molar refractivity (Wildman–Crippen MR) is 103 cm³/mol. The van der Waals surface area contributed by atoms with Crippen molar-refractivity contribution in [2.45, 2.75) is 45.8 Å². The van der Waals surface area contributed by atoms with Gasteiger partial charge in [-0.1, -0.05) is 62.7 Å². The first-order valence-electron chi connectivity index (χ1n) is 8.77. The van der Waals surface area contributed by atoms with Crippen LogP contribution in [0.15, 0.2) is 54.6 Å². The number of amides is 1. The topological polar surface area (TPSA) is 38.3 Å². The summed E-state index contributed by atoms with van der Waals surface area (Å²) in [5.41, 5.74) is 1.12. The summed E-state index contributed by atoms with van der Waals surface area (Å²) >= 11 is 5.89. The number of carbonyl (C=O) groups excluding carboxylic acids is 1. The van der Waals surface area contributed by atoms with E-state index in [0.29, 0.717) is 23.1 Å². The Morgan fingerprint density at radius 2 is 1.72 bits per heavy atom. The highest BCUT2D eigenvalue weighted by Crippen LogP contribution is 2.22. The van der Waals surface area contributed by atoms with Crippen molar-refractivity contribution in [3.63, 3.8) is 0 Å². The fourth-order valence-electron chi connectivity index (χ4n) is 2.70. The van der Waals surface area contributed by atoms with E-state index in [0.717, 1.165) is 12.0 Å². The highest BCUT2D eigenvalue weighted by molar-refractivity contribution is 6.30. The molecule has 0 heterocycles. The van der Waals surface area contributed by atoms with Crippen LogP contribution in [0.25, 0.3) is 0 Å². The number of hydrogen-bond donors (Lipinski definition) is 1. The third kappa shape index (κ3) is 6.09. The monoisotopic (exact) mass is 359 g/mol. The summed E-state index contributed by atoms with van der Waals surface area (Å²) in [4.78, 5) is 12.7. The van der Waals surface area contributed by atoms with Gasteiger partial charge in [0, 0.05) is 5.02 Å². The molecule has 2 unspecified atom stereocenters. The van der Waals surface area contributed by atoms with Crippen LogP contribution in [0.3, 0.4) is 0 Å². The van der Waals surface area contributed by atoms with E-state index in [9.17, 15) is 4.79 Å². The van der Waals surface area contributed by atoms with Crippen molar-refractivity contribution in [1.29, 1.82) is 0 Å². The summed E-state index contributed by atoms with van der Waals surface area (Å²) < 4.78 is 5.85. The van der Waals surface area contributed by atoms with Crippen molar-refractivity contribution in [1.82, 2.24) is 5.32 Å². The van der Waals surface area contributed by atoms with Crippen LogP contribution < -0.4 is 10.1 Å². The molecular weight excluding hydrogens is 334 g/mol. The Morgan fingerprint density at radius 1 is 1.08 bits per heavy atom. The number of halogens is 1. The molecular formula is C21H26ClNO2. The van der Waals surface area contributed by atoms with E-state index in [4.69, 9.17) is 16.3 Å². The lowest BCUT2D eigenvalue weighted by Gasteiger charge is -2.24. The number of ether oxygens (including phenoxy) is 1. The molecule has 0 fully saturated rings. The summed E-state index contributed by atoms with van der Waals surface area (Å²) in [6.45, 7) is 6.26. The third-order valence-electron chi connectivity index (χ3n) is 3.98. The first kappa shape index (κ1) is 19.3. The Hall–Kier alpha value is -2.00. The van der Waals surface area contributed by atoms with E-state index >= 15 is 0 Å². The van der Waals surface area contributed by atoms with Crippen LogP contribution in [-0.4, -0.2) is 12.0 Å². The summed E-state index contributed by atoms with van der Waals surface area (Å²) in [6.07, 6.45) is 0.949. The second-order valence-corrected chi connectivity index (χ2v) is 7.01. The van der Waals surface area contributed by atoms with Crippen molar-refractivity contribution >= 4 is 17.5 Å². The molecule has 1 amide bonds. The van der Waals surface area contributed by atoms with Crippen molar-refractivity contribution in [2.24, 2.45) is 5.92 Å². The fourth-order valence-corrected chi connectivity index (χ4v) is 2.83. The van der Waals surface area contributed by atoms with Crippen molar-refractivity contribution in [2.75, 3.05) is 0 Å². The van der Waals surface area contributed by atoms with Crippen molar-refractivity contribution < 1.29 is 9.53 Å². The molecule has 2 rings (SSSR count). The van der Waals surface area contributed by atoms with Gasteiger partial charge in [-0.2, -0.15) is 0 Å². The molecule has 0 saturated carbocycles. The van der Waals surface area contributed by atoms with Crippen molar-refractivity contribution in [3.8, 4) is 5.75 Å². The maximum absolute atomic E-state index is 12.7. The Labute approximate surface area is 155 Å². The van der Waals surface area contributed by atoms with E-state index < -0.39 is 6.10 Å². The molecule has 3 nitrogen and oxygen atoms in total. The molecule has 0 spiro atoms. The van der Waals surface area contributed by atoms with E-state index in [1.807, 2.05) is 37.3 Å². The largest absolute Gasteiger partial charge is 0.481 e. The standard InChI is InChI=1S/C21H26ClNO2/c1-4-20(25-18-12-10-17(22)11-13-18)21(24)23-19(14-15(2)3)16-8-6-5-7-9-16/h5-13,15,19-20H,4,14H2,1-3H3,(H,23,24). The summed E-state index contributed by atoms with van der Waals surface area (Å²) in [5.74, 6) is 1.03. The van der Waals surface area contributed by atoms with Gasteiger partial charge in [-0.25, -0.2) is 0 Å². The van der Waals surface area contributed by atoms with Gasteiger partial charge in [0.1, 0.15) is 5.75 Å². The molecule has 0 aromatic heterocycles. The van der Waals surface area contributed by atoms with E-state index in [1.54, 1.807) is 24.3 Å². The average molecular weight is 360 g/mol. The van der Waals surface area contributed by atoms with Gasteiger partial charge in [0.05, 0.1) is 6.04 Å². The van der Waals surface area contributed by atoms with Crippen LogP contribution in [-0.2, 0) is 4.79 Å². The van der Waals surface area contributed by atoms with Gasteiger partial charge >= 0.3 is 0 Å². The predicted octanol–water partition coefficient (Wildman–Crippen LogP) is 5.40. The minimum Gasteiger partial charge on any atom is -0.481 e. The van der Waals surface area contributed by atoms with Crippen LogP contribution >= 0.6 is 11.6 Å². The van der Waals surface area contributed by atoms with Gasteiger partial charge in [-0.15, -0.1) is 0 Å². The minimum atomic E-state index is -0.528. The van der Waals surface area contributed by atoms with Gasteiger partial charge in [0.15, 0.2) is 6.10 Å². The van der Waals surface area contributed by atoms with Gasteiger partial charge < -0.3 is 10.1 Å².